The zero-order valence-corrected chi connectivity index (χ0v) is 13.1. The fourth-order valence-corrected chi connectivity index (χ4v) is 2.93. The van der Waals surface area contributed by atoms with Crippen molar-refractivity contribution in [2.24, 2.45) is 0 Å². The van der Waals surface area contributed by atoms with Gasteiger partial charge in [0.05, 0.1) is 6.42 Å². The van der Waals surface area contributed by atoms with Crippen molar-refractivity contribution < 1.29 is 9.21 Å². The van der Waals surface area contributed by atoms with Gasteiger partial charge in [-0.2, -0.15) is 0 Å². The summed E-state index contributed by atoms with van der Waals surface area (Å²) in [6.45, 7) is 0.616. The SMILES string of the molecule is O=C(Cc1ccc2ncoc2c1)NCCc1c[nH]c2ccccc12. The van der Waals surface area contributed by atoms with Gasteiger partial charge in [-0.25, -0.2) is 4.98 Å². The summed E-state index contributed by atoms with van der Waals surface area (Å²) in [5.41, 5.74) is 4.77. The molecule has 5 heteroatoms. The summed E-state index contributed by atoms with van der Waals surface area (Å²) < 4.78 is 5.26. The van der Waals surface area contributed by atoms with Crippen LogP contribution in [0.4, 0.5) is 0 Å². The maximum atomic E-state index is 12.1. The fourth-order valence-electron chi connectivity index (χ4n) is 2.93. The van der Waals surface area contributed by atoms with Gasteiger partial charge >= 0.3 is 0 Å². The highest BCUT2D eigenvalue weighted by Crippen LogP contribution is 2.18. The molecule has 4 rings (SSSR count). The molecule has 1 amide bonds. The third-order valence-corrected chi connectivity index (χ3v) is 4.15. The average Bonchev–Trinajstić information content (AvgIpc) is 3.21. The van der Waals surface area contributed by atoms with Gasteiger partial charge in [0.2, 0.25) is 5.91 Å². The maximum absolute atomic E-state index is 12.1. The predicted molar refractivity (Wildman–Crippen MR) is 92.7 cm³/mol. The number of benzene rings is 2. The minimum absolute atomic E-state index is 0.00806. The van der Waals surface area contributed by atoms with Gasteiger partial charge in [0.1, 0.15) is 5.52 Å². The molecule has 24 heavy (non-hydrogen) atoms. The molecule has 0 saturated heterocycles. The second-order valence-corrected chi connectivity index (χ2v) is 5.79. The van der Waals surface area contributed by atoms with E-state index in [1.54, 1.807) is 0 Å². The predicted octanol–water partition coefficient (Wildman–Crippen LogP) is 3.21. The number of nitrogens with zero attached hydrogens (tertiary/aromatic N) is 1. The molecule has 4 aromatic rings. The number of aromatic amines is 1. The lowest BCUT2D eigenvalue weighted by Gasteiger charge is -2.05. The van der Waals surface area contributed by atoms with E-state index in [1.807, 2.05) is 36.5 Å². The van der Waals surface area contributed by atoms with Gasteiger partial charge in [-0.3, -0.25) is 4.79 Å². The first-order chi connectivity index (χ1) is 11.8. The molecule has 0 aliphatic rings. The molecule has 0 atom stereocenters. The zero-order valence-electron chi connectivity index (χ0n) is 13.1. The largest absolute Gasteiger partial charge is 0.443 e. The van der Waals surface area contributed by atoms with E-state index in [4.69, 9.17) is 4.42 Å². The Labute approximate surface area is 138 Å². The second kappa shape index (κ2) is 6.20. The monoisotopic (exact) mass is 319 g/mol. The van der Waals surface area contributed by atoms with Crippen LogP contribution in [-0.4, -0.2) is 22.4 Å². The number of rotatable bonds is 5. The number of hydrogen-bond acceptors (Lipinski definition) is 3. The van der Waals surface area contributed by atoms with Crippen molar-refractivity contribution in [2.75, 3.05) is 6.54 Å². The number of oxazole rings is 1. The molecular weight excluding hydrogens is 302 g/mol. The van der Waals surface area contributed by atoms with E-state index < -0.39 is 0 Å². The van der Waals surface area contributed by atoms with Crippen molar-refractivity contribution in [1.82, 2.24) is 15.3 Å². The molecule has 0 aliphatic heterocycles. The number of amides is 1. The number of para-hydroxylation sites is 1. The molecule has 2 aromatic heterocycles. The first-order valence-electron chi connectivity index (χ1n) is 7.93. The van der Waals surface area contributed by atoms with Crippen LogP contribution in [0, 0.1) is 0 Å². The Balaban J connectivity index is 1.34. The van der Waals surface area contributed by atoms with Crippen LogP contribution in [0.15, 0.2) is 59.5 Å². The molecule has 0 saturated carbocycles. The molecule has 120 valence electrons. The second-order valence-electron chi connectivity index (χ2n) is 5.79. The van der Waals surface area contributed by atoms with Gasteiger partial charge in [0.15, 0.2) is 12.0 Å². The van der Waals surface area contributed by atoms with Crippen LogP contribution in [0.5, 0.6) is 0 Å². The summed E-state index contributed by atoms with van der Waals surface area (Å²) in [5, 5.41) is 4.19. The summed E-state index contributed by atoms with van der Waals surface area (Å²) in [6.07, 6.45) is 4.56. The topological polar surface area (TPSA) is 70.9 Å². The van der Waals surface area contributed by atoms with Gasteiger partial charge in [-0.05, 0) is 35.7 Å². The fraction of sp³-hybridized carbons (Fsp3) is 0.158. The van der Waals surface area contributed by atoms with Crippen LogP contribution in [0.25, 0.3) is 22.0 Å². The third-order valence-electron chi connectivity index (χ3n) is 4.15. The summed E-state index contributed by atoms with van der Waals surface area (Å²) in [5.74, 6) is 0.00806. The number of aromatic nitrogens is 2. The summed E-state index contributed by atoms with van der Waals surface area (Å²) in [7, 11) is 0. The van der Waals surface area contributed by atoms with Crippen molar-refractivity contribution in [1.29, 1.82) is 0 Å². The molecule has 0 unspecified atom stereocenters. The van der Waals surface area contributed by atoms with Gasteiger partial charge in [-0.15, -0.1) is 0 Å². The van der Waals surface area contributed by atoms with Crippen molar-refractivity contribution >= 4 is 27.9 Å². The van der Waals surface area contributed by atoms with Crippen molar-refractivity contribution in [3.8, 4) is 0 Å². The number of nitrogens with one attached hydrogen (secondary N) is 2. The van der Waals surface area contributed by atoms with Crippen molar-refractivity contribution in [3.05, 3.63) is 66.2 Å². The molecule has 0 fully saturated rings. The Hall–Kier alpha value is -3.08. The van der Waals surface area contributed by atoms with Gasteiger partial charge in [0, 0.05) is 23.6 Å². The molecule has 0 bridgehead atoms. The van der Waals surface area contributed by atoms with E-state index in [0.717, 1.165) is 23.0 Å². The molecular formula is C19H17N3O2. The highest BCUT2D eigenvalue weighted by atomic mass is 16.3. The molecule has 2 heterocycles. The van der Waals surface area contributed by atoms with Crippen LogP contribution >= 0.6 is 0 Å². The van der Waals surface area contributed by atoms with E-state index in [-0.39, 0.29) is 5.91 Å². The first kappa shape index (κ1) is 14.5. The van der Waals surface area contributed by atoms with Gasteiger partial charge < -0.3 is 14.7 Å². The Morgan fingerprint density at radius 3 is 3.08 bits per heavy atom. The molecule has 0 aliphatic carbocycles. The number of H-pyrrole nitrogens is 1. The average molecular weight is 319 g/mol. The maximum Gasteiger partial charge on any atom is 0.224 e. The van der Waals surface area contributed by atoms with E-state index in [0.29, 0.717) is 18.5 Å². The molecule has 2 N–H and O–H groups in total. The van der Waals surface area contributed by atoms with Crippen LogP contribution in [0.3, 0.4) is 0 Å². The van der Waals surface area contributed by atoms with E-state index in [2.05, 4.69) is 27.4 Å². The lowest BCUT2D eigenvalue weighted by Crippen LogP contribution is -2.27. The molecule has 0 radical (unpaired) electrons. The van der Waals surface area contributed by atoms with E-state index >= 15 is 0 Å². The van der Waals surface area contributed by atoms with E-state index in [9.17, 15) is 4.79 Å². The Morgan fingerprint density at radius 1 is 1.21 bits per heavy atom. The van der Waals surface area contributed by atoms with E-state index in [1.165, 1.54) is 17.3 Å². The highest BCUT2D eigenvalue weighted by Gasteiger charge is 2.07. The number of hydrogen-bond donors (Lipinski definition) is 2. The standard InChI is InChI=1S/C19H17N3O2/c23-19(10-13-5-6-17-18(9-13)24-12-22-17)20-8-7-14-11-21-16-4-2-1-3-15(14)16/h1-6,9,11-12,21H,7-8,10H2,(H,20,23). The lowest BCUT2D eigenvalue weighted by molar-refractivity contribution is -0.120. The zero-order chi connectivity index (χ0) is 16.4. The van der Waals surface area contributed by atoms with Crippen molar-refractivity contribution in [3.63, 3.8) is 0 Å². The smallest absolute Gasteiger partial charge is 0.224 e. The minimum atomic E-state index is 0.00806. The number of fused-ring (bicyclic) bond motifs is 2. The lowest BCUT2D eigenvalue weighted by atomic mass is 10.1. The summed E-state index contributed by atoms with van der Waals surface area (Å²) in [4.78, 5) is 19.4. The third kappa shape index (κ3) is 2.88. The Bertz CT molecular complexity index is 1000. The number of carbonyl (C=O) groups is 1. The first-order valence-corrected chi connectivity index (χ1v) is 7.93. The normalized spacial score (nSPS) is 11.2. The molecule has 2 aromatic carbocycles. The van der Waals surface area contributed by atoms with Crippen LogP contribution in [0.1, 0.15) is 11.1 Å². The van der Waals surface area contributed by atoms with Gasteiger partial charge in [-0.1, -0.05) is 24.3 Å². The Kier molecular flexibility index (Phi) is 3.75. The minimum Gasteiger partial charge on any atom is -0.443 e. The molecule has 5 nitrogen and oxygen atoms in total. The Morgan fingerprint density at radius 2 is 2.12 bits per heavy atom. The summed E-state index contributed by atoms with van der Waals surface area (Å²) >= 11 is 0. The van der Waals surface area contributed by atoms with Crippen LogP contribution < -0.4 is 5.32 Å². The van der Waals surface area contributed by atoms with Gasteiger partial charge in [0.25, 0.3) is 0 Å². The molecule has 0 spiro atoms. The van der Waals surface area contributed by atoms with Crippen LogP contribution in [-0.2, 0) is 17.6 Å². The van der Waals surface area contributed by atoms with Crippen molar-refractivity contribution in [2.45, 2.75) is 12.8 Å². The highest BCUT2D eigenvalue weighted by molar-refractivity contribution is 5.83. The van der Waals surface area contributed by atoms with Crippen LogP contribution in [0.2, 0.25) is 0 Å². The quantitative estimate of drug-likeness (QED) is 0.593. The number of carbonyl (C=O) groups excluding carboxylic acids is 1. The summed E-state index contributed by atoms with van der Waals surface area (Å²) in [6, 6.07) is 13.8.